The summed E-state index contributed by atoms with van der Waals surface area (Å²) in [6.45, 7) is 5.93. The Morgan fingerprint density at radius 1 is 1.30 bits per heavy atom. The quantitative estimate of drug-likeness (QED) is 0.736. The molecule has 0 radical (unpaired) electrons. The van der Waals surface area contributed by atoms with Crippen LogP contribution < -0.4 is 10.6 Å². The molecule has 2 N–H and O–H groups in total. The van der Waals surface area contributed by atoms with Gasteiger partial charge in [-0.1, -0.05) is 12.1 Å². The molecule has 10 heteroatoms. The van der Waals surface area contributed by atoms with E-state index in [-0.39, 0.29) is 17.0 Å². The van der Waals surface area contributed by atoms with Crippen molar-refractivity contribution in [2.45, 2.75) is 50.6 Å². The van der Waals surface area contributed by atoms with Gasteiger partial charge < -0.3 is 10.6 Å². The summed E-state index contributed by atoms with van der Waals surface area (Å²) in [5.41, 5.74) is 1.26. The van der Waals surface area contributed by atoms with Crippen molar-refractivity contribution < 1.29 is 13.2 Å². The number of rotatable bonds is 7. The van der Waals surface area contributed by atoms with Crippen molar-refractivity contribution in [3.63, 3.8) is 0 Å². The fraction of sp³-hybridized carbons (Fsp3) is 0.588. The number of amides is 2. The van der Waals surface area contributed by atoms with Gasteiger partial charge in [0.25, 0.3) is 0 Å². The van der Waals surface area contributed by atoms with Crippen molar-refractivity contribution in [3.8, 4) is 0 Å². The molecule has 2 heterocycles. The molecule has 0 unspecified atom stereocenters. The Bertz CT molecular complexity index is 905. The van der Waals surface area contributed by atoms with E-state index in [9.17, 15) is 13.2 Å². The molecule has 1 atom stereocenters. The Hall–Kier alpha value is -2.20. The highest BCUT2D eigenvalue weighted by atomic mass is 32.2. The predicted molar refractivity (Wildman–Crippen MR) is 102 cm³/mol. The van der Waals surface area contributed by atoms with Crippen LogP contribution in [0.3, 0.4) is 0 Å². The first-order valence-electron chi connectivity index (χ1n) is 9.29. The van der Waals surface area contributed by atoms with Crippen molar-refractivity contribution in [1.29, 1.82) is 0 Å². The number of carbonyl (C=O) groups excluding carboxylic acids is 1. The molecule has 0 aliphatic carbocycles. The standard InChI is InChI=1S/C17H26N6O3S/c1-3-13(2)19-17(24)18-8-11-23-16-7-6-14(12-15(16)20-21-23)27(25,26)22-9-4-5-10-22/h6-7,12-13H,3-5,8-11H2,1-2H3,(H2,18,19,24)/t13-/m1/s1. The molecule has 1 fully saturated rings. The van der Waals surface area contributed by atoms with Gasteiger partial charge in [0.05, 0.1) is 17.0 Å². The monoisotopic (exact) mass is 394 g/mol. The number of nitrogens with one attached hydrogen (secondary N) is 2. The highest BCUT2D eigenvalue weighted by Gasteiger charge is 2.27. The van der Waals surface area contributed by atoms with Gasteiger partial charge in [-0.05, 0) is 44.4 Å². The third-order valence-corrected chi connectivity index (χ3v) is 6.68. The molecule has 2 aromatic rings. The van der Waals surface area contributed by atoms with Gasteiger partial charge in [0.15, 0.2) is 0 Å². The average molecular weight is 395 g/mol. The highest BCUT2D eigenvalue weighted by Crippen LogP contribution is 2.23. The number of carbonyl (C=O) groups is 1. The maximum Gasteiger partial charge on any atom is 0.315 e. The molecule has 1 aromatic heterocycles. The molecular formula is C17H26N6O3S. The maximum atomic E-state index is 12.7. The third-order valence-electron chi connectivity index (χ3n) is 4.79. The summed E-state index contributed by atoms with van der Waals surface area (Å²) >= 11 is 0. The minimum Gasteiger partial charge on any atom is -0.336 e. The zero-order valence-corrected chi connectivity index (χ0v) is 16.5. The second-order valence-electron chi connectivity index (χ2n) is 6.78. The van der Waals surface area contributed by atoms with E-state index in [1.165, 1.54) is 4.31 Å². The molecule has 2 amide bonds. The second kappa shape index (κ2) is 8.22. The molecule has 27 heavy (non-hydrogen) atoms. The molecule has 1 saturated heterocycles. The fourth-order valence-corrected chi connectivity index (χ4v) is 4.54. The van der Waals surface area contributed by atoms with Gasteiger partial charge in [0.2, 0.25) is 10.0 Å². The summed E-state index contributed by atoms with van der Waals surface area (Å²) in [4.78, 5) is 12.0. The fourth-order valence-electron chi connectivity index (χ4n) is 3.01. The van der Waals surface area contributed by atoms with Crippen LogP contribution in [-0.2, 0) is 16.6 Å². The van der Waals surface area contributed by atoms with E-state index >= 15 is 0 Å². The highest BCUT2D eigenvalue weighted by molar-refractivity contribution is 7.89. The van der Waals surface area contributed by atoms with Crippen molar-refractivity contribution in [2.24, 2.45) is 0 Å². The van der Waals surface area contributed by atoms with Crippen LogP contribution in [0.15, 0.2) is 23.1 Å². The largest absolute Gasteiger partial charge is 0.336 e. The van der Waals surface area contributed by atoms with Crippen LogP contribution in [0.5, 0.6) is 0 Å². The molecule has 0 bridgehead atoms. The van der Waals surface area contributed by atoms with Gasteiger partial charge in [-0.2, -0.15) is 4.31 Å². The lowest BCUT2D eigenvalue weighted by Crippen LogP contribution is -2.41. The Balaban J connectivity index is 1.66. The number of fused-ring (bicyclic) bond motifs is 1. The zero-order chi connectivity index (χ0) is 19.4. The number of urea groups is 1. The molecular weight excluding hydrogens is 368 g/mol. The van der Waals surface area contributed by atoms with Crippen LogP contribution in [-0.4, -0.2) is 59.4 Å². The Morgan fingerprint density at radius 2 is 2.04 bits per heavy atom. The first kappa shape index (κ1) is 19.6. The molecule has 1 aliphatic heterocycles. The van der Waals surface area contributed by atoms with E-state index in [1.807, 2.05) is 13.8 Å². The summed E-state index contributed by atoms with van der Waals surface area (Å²) in [5, 5.41) is 13.8. The zero-order valence-electron chi connectivity index (χ0n) is 15.7. The lowest BCUT2D eigenvalue weighted by molar-refractivity contribution is 0.237. The molecule has 1 aromatic carbocycles. The molecule has 148 valence electrons. The summed E-state index contributed by atoms with van der Waals surface area (Å²) in [5.74, 6) is 0. The Morgan fingerprint density at radius 3 is 2.74 bits per heavy atom. The number of benzene rings is 1. The van der Waals surface area contributed by atoms with Gasteiger partial charge in [-0.15, -0.1) is 5.10 Å². The smallest absolute Gasteiger partial charge is 0.315 e. The topological polar surface area (TPSA) is 109 Å². The molecule has 9 nitrogen and oxygen atoms in total. The lowest BCUT2D eigenvalue weighted by Gasteiger charge is -2.15. The van der Waals surface area contributed by atoms with E-state index in [0.29, 0.717) is 31.7 Å². The SMILES string of the molecule is CC[C@@H](C)NC(=O)NCCn1nnc2cc(S(=O)(=O)N3CCCC3)ccc21. The van der Waals surface area contributed by atoms with E-state index in [0.717, 1.165) is 24.8 Å². The average Bonchev–Trinajstić information content (AvgIpc) is 3.31. The first-order chi connectivity index (χ1) is 12.9. The van der Waals surface area contributed by atoms with Gasteiger partial charge in [0.1, 0.15) is 5.52 Å². The van der Waals surface area contributed by atoms with Crippen LogP contribution in [0.2, 0.25) is 0 Å². The van der Waals surface area contributed by atoms with Gasteiger partial charge in [-0.25, -0.2) is 17.9 Å². The molecule has 0 saturated carbocycles. The van der Waals surface area contributed by atoms with E-state index in [1.54, 1.807) is 22.9 Å². The number of hydrogen-bond acceptors (Lipinski definition) is 5. The van der Waals surface area contributed by atoms with Gasteiger partial charge in [0, 0.05) is 25.7 Å². The van der Waals surface area contributed by atoms with Gasteiger partial charge >= 0.3 is 6.03 Å². The molecule has 1 aliphatic rings. The summed E-state index contributed by atoms with van der Waals surface area (Å²) in [6.07, 6.45) is 2.66. The van der Waals surface area contributed by atoms with Gasteiger partial charge in [-0.3, -0.25) is 0 Å². The summed E-state index contributed by atoms with van der Waals surface area (Å²) in [6, 6.07) is 4.78. The number of aromatic nitrogens is 3. The summed E-state index contributed by atoms with van der Waals surface area (Å²) in [7, 11) is -3.47. The second-order valence-corrected chi connectivity index (χ2v) is 8.72. The summed E-state index contributed by atoms with van der Waals surface area (Å²) < 4.78 is 28.5. The first-order valence-corrected chi connectivity index (χ1v) is 10.7. The minimum atomic E-state index is -3.47. The van der Waals surface area contributed by atoms with E-state index in [2.05, 4.69) is 20.9 Å². The third kappa shape index (κ3) is 4.38. The minimum absolute atomic E-state index is 0.119. The van der Waals surface area contributed by atoms with Crippen LogP contribution in [0, 0.1) is 0 Å². The van der Waals surface area contributed by atoms with Crippen LogP contribution >= 0.6 is 0 Å². The Labute approximate surface area is 159 Å². The predicted octanol–water partition coefficient (Wildman–Crippen LogP) is 1.31. The van der Waals surface area contributed by atoms with Crippen LogP contribution in [0.25, 0.3) is 11.0 Å². The van der Waals surface area contributed by atoms with Crippen LogP contribution in [0.1, 0.15) is 33.1 Å². The number of hydrogen-bond donors (Lipinski definition) is 2. The molecule has 0 spiro atoms. The van der Waals surface area contributed by atoms with Crippen LogP contribution in [0.4, 0.5) is 4.79 Å². The molecule has 3 rings (SSSR count). The van der Waals surface area contributed by atoms with E-state index in [4.69, 9.17) is 0 Å². The Kier molecular flexibility index (Phi) is 5.95. The lowest BCUT2D eigenvalue weighted by atomic mass is 10.3. The van der Waals surface area contributed by atoms with Crippen molar-refractivity contribution in [2.75, 3.05) is 19.6 Å². The maximum absolute atomic E-state index is 12.7. The van der Waals surface area contributed by atoms with Crippen molar-refractivity contribution >= 4 is 27.1 Å². The van der Waals surface area contributed by atoms with Crippen molar-refractivity contribution in [3.05, 3.63) is 18.2 Å². The van der Waals surface area contributed by atoms with E-state index < -0.39 is 10.0 Å². The van der Waals surface area contributed by atoms with Crippen molar-refractivity contribution in [1.82, 2.24) is 29.9 Å². The number of nitrogens with zero attached hydrogens (tertiary/aromatic N) is 4. The number of sulfonamides is 1. The normalized spacial score (nSPS) is 16.5.